The van der Waals surface area contributed by atoms with Crippen LogP contribution in [0.15, 0.2) is 65.5 Å². The number of aromatic nitrogens is 2. The van der Waals surface area contributed by atoms with Crippen LogP contribution in [0.3, 0.4) is 0 Å². The van der Waals surface area contributed by atoms with Crippen LogP contribution in [0.5, 0.6) is 6.01 Å². The summed E-state index contributed by atoms with van der Waals surface area (Å²) < 4.78 is 5.56. The molecule has 0 unspecified atom stereocenters. The maximum absolute atomic E-state index is 12.1. The van der Waals surface area contributed by atoms with Gasteiger partial charge in [-0.05, 0) is 11.1 Å². The second kappa shape index (κ2) is 6.58. The average molecular weight is 303 g/mol. The van der Waals surface area contributed by atoms with Gasteiger partial charge in [-0.1, -0.05) is 60.7 Å². The molecule has 1 heterocycles. The molecule has 3 aromatic rings. The van der Waals surface area contributed by atoms with Crippen LogP contribution in [0.4, 0.5) is 5.69 Å². The molecular formula is C18H13N3O2. The van der Waals surface area contributed by atoms with Crippen LogP contribution in [0.25, 0.3) is 16.1 Å². The number of H-pyrrole nitrogens is 1. The number of hydrogen-bond donors (Lipinski definition) is 1. The zero-order valence-electron chi connectivity index (χ0n) is 12.2. The monoisotopic (exact) mass is 303 g/mol. The summed E-state index contributed by atoms with van der Waals surface area (Å²) in [7, 11) is 0. The van der Waals surface area contributed by atoms with Crippen LogP contribution in [0.2, 0.25) is 0 Å². The van der Waals surface area contributed by atoms with Gasteiger partial charge in [0.2, 0.25) is 0 Å². The van der Waals surface area contributed by atoms with Crippen LogP contribution >= 0.6 is 0 Å². The maximum Gasteiger partial charge on any atom is 0.295 e. The third-order valence-corrected chi connectivity index (χ3v) is 3.25. The van der Waals surface area contributed by atoms with Gasteiger partial charge in [-0.3, -0.25) is 9.78 Å². The fourth-order valence-electron chi connectivity index (χ4n) is 2.14. The van der Waals surface area contributed by atoms with Gasteiger partial charge in [0, 0.05) is 0 Å². The lowest BCUT2D eigenvalue weighted by Gasteiger charge is -2.08. The Balaban J connectivity index is 1.95. The minimum absolute atomic E-state index is 0.0386. The first-order valence-corrected chi connectivity index (χ1v) is 7.02. The molecule has 23 heavy (non-hydrogen) atoms. The molecule has 5 nitrogen and oxygen atoms in total. The van der Waals surface area contributed by atoms with E-state index in [-0.39, 0.29) is 18.3 Å². The molecule has 5 heteroatoms. The molecule has 1 N–H and O–H groups in total. The van der Waals surface area contributed by atoms with Crippen molar-refractivity contribution in [3.63, 3.8) is 0 Å². The van der Waals surface area contributed by atoms with Crippen molar-refractivity contribution in [2.45, 2.75) is 6.61 Å². The Morgan fingerprint density at radius 2 is 1.70 bits per heavy atom. The molecule has 1 aromatic heterocycles. The van der Waals surface area contributed by atoms with Gasteiger partial charge in [0.15, 0.2) is 0 Å². The second-order valence-electron chi connectivity index (χ2n) is 4.82. The van der Waals surface area contributed by atoms with Crippen LogP contribution in [-0.2, 0) is 6.61 Å². The molecule has 3 rings (SSSR count). The van der Waals surface area contributed by atoms with Crippen molar-refractivity contribution in [3.8, 4) is 17.3 Å². The number of ether oxygens (including phenoxy) is 1. The molecule has 0 bridgehead atoms. The highest BCUT2D eigenvalue weighted by molar-refractivity contribution is 5.74. The smallest absolute Gasteiger partial charge is 0.295 e. The van der Waals surface area contributed by atoms with Crippen molar-refractivity contribution in [2.75, 3.05) is 0 Å². The van der Waals surface area contributed by atoms with Crippen molar-refractivity contribution in [1.82, 2.24) is 9.97 Å². The van der Waals surface area contributed by atoms with E-state index >= 15 is 0 Å². The zero-order chi connectivity index (χ0) is 16.1. The summed E-state index contributed by atoms with van der Waals surface area (Å²) in [6, 6.07) is 18.8. The molecule has 0 aliphatic carbocycles. The quantitative estimate of drug-likeness (QED) is 0.750. The van der Waals surface area contributed by atoms with E-state index in [1.165, 1.54) is 0 Å². The summed E-state index contributed by atoms with van der Waals surface area (Å²) in [4.78, 5) is 22.2. The molecule has 2 aromatic carbocycles. The summed E-state index contributed by atoms with van der Waals surface area (Å²) in [6.45, 7) is 7.49. The summed E-state index contributed by atoms with van der Waals surface area (Å²) in [5.41, 5.74) is 1.45. The molecule has 0 atom stereocenters. The molecule has 0 radical (unpaired) electrons. The van der Waals surface area contributed by atoms with E-state index in [2.05, 4.69) is 14.8 Å². The van der Waals surface area contributed by atoms with Crippen molar-refractivity contribution in [3.05, 3.63) is 88.0 Å². The van der Waals surface area contributed by atoms with E-state index in [1.54, 1.807) is 12.1 Å². The van der Waals surface area contributed by atoms with Crippen LogP contribution < -0.4 is 10.3 Å². The minimum Gasteiger partial charge on any atom is -0.460 e. The molecular weight excluding hydrogens is 290 g/mol. The third-order valence-electron chi connectivity index (χ3n) is 3.25. The number of nitrogens with zero attached hydrogens (tertiary/aromatic N) is 2. The van der Waals surface area contributed by atoms with Crippen molar-refractivity contribution >= 4 is 5.69 Å². The van der Waals surface area contributed by atoms with Gasteiger partial charge in [-0.15, -0.1) is 0 Å². The first kappa shape index (κ1) is 14.5. The van der Waals surface area contributed by atoms with Crippen LogP contribution in [0.1, 0.15) is 5.56 Å². The van der Waals surface area contributed by atoms with Crippen molar-refractivity contribution < 1.29 is 4.74 Å². The molecule has 0 fully saturated rings. The average Bonchev–Trinajstić information content (AvgIpc) is 2.61. The maximum atomic E-state index is 12.1. The number of aromatic amines is 1. The molecule has 0 spiro atoms. The molecule has 0 amide bonds. The molecule has 0 aliphatic heterocycles. The van der Waals surface area contributed by atoms with Gasteiger partial charge in [-0.2, -0.15) is 0 Å². The number of nitrogens with one attached hydrogen (secondary N) is 1. The standard InChI is InChI=1S/C18H13N3O2/c1-19-16-15(14-10-6-3-7-11-14)20-18(21-17(16)22)23-12-13-8-4-2-5-9-13/h2-11H,12H2,(H,20,21,22). The summed E-state index contributed by atoms with van der Waals surface area (Å²) in [5, 5.41) is 0. The Morgan fingerprint density at radius 1 is 1.04 bits per heavy atom. The fourth-order valence-corrected chi connectivity index (χ4v) is 2.14. The lowest BCUT2D eigenvalue weighted by molar-refractivity contribution is 0.280. The Morgan fingerprint density at radius 3 is 2.35 bits per heavy atom. The summed E-state index contributed by atoms with van der Waals surface area (Å²) in [6.07, 6.45) is 0. The predicted molar refractivity (Wildman–Crippen MR) is 87.3 cm³/mol. The summed E-state index contributed by atoms with van der Waals surface area (Å²) >= 11 is 0. The molecule has 0 aliphatic rings. The van der Waals surface area contributed by atoms with E-state index in [9.17, 15) is 4.79 Å². The number of benzene rings is 2. The first-order chi connectivity index (χ1) is 11.3. The van der Waals surface area contributed by atoms with E-state index < -0.39 is 5.56 Å². The van der Waals surface area contributed by atoms with Gasteiger partial charge >= 0.3 is 0 Å². The topological polar surface area (TPSA) is 59.3 Å². The predicted octanol–water partition coefficient (Wildman–Crippen LogP) is 3.57. The lowest BCUT2D eigenvalue weighted by atomic mass is 10.1. The van der Waals surface area contributed by atoms with Gasteiger partial charge < -0.3 is 4.74 Å². The third kappa shape index (κ3) is 3.27. The summed E-state index contributed by atoms with van der Waals surface area (Å²) in [5.74, 6) is 0. The van der Waals surface area contributed by atoms with Gasteiger partial charge in [-0.25, -0.2) is 9.83 Å². The Bertz CT molecular complexity index is 897. The highest BCUT2D eigenvalue weighted by atomic mass is 16.5. The van der Waals surface area contributed by atoms with Gasteiger partial charge in [0.25, 0.3) is 17.3 Å². The SMILES string of the molecule is [C-]#[N+]c1c(-c2ccccc2)nc(OCc2ccccc2)[nH]c1=O. The minimum atomic E-state index is -0.503. The highest BCUT2D eigenvalue weighted by Crippen LogP contribution is 2.26. The number of rotatable bonds is 4. The normalized spacial score (nSPS) is 10.0. The van der Waals surface area contributed by atoms with E-state index in [0.717, 1.165) is 5.56 Å². The lowest BCUT2D eigenvalue weighted by Crippen LogP contribution is -2.11. The fraction of sp³-hybridized carbons (Fsp3) is 0.0556. The van der Waals surface area contributed by atoms with E-state index in [1.807, 2.05) is 48.5 Å². The highest BCUT2D eigenvalue weighted by Gasteiger charge is 2.14. The zero-order valence-corrected chi connectivity index (χ0v) is 12.2. The Labute approximate surface area is 133 Å². The molecule has 0 saturated carbocycles. The second-order valence-corrected chi connectivity index (χ2v) is 4.82. The Hall–Kier alpha value is -3.39. The molecule has 112 valence electrons. The van der Waals surface area contributed by atoms with Crippen LogP contribution in [0, 0.1) is 6.57 Å². The van der Waals surface area contributed by atoms with Crippen LogP contribution in [-0.4, -0.2) is 9.97 Å². The van der Waals surface area contributed by atoms with E-state index in [0.29, 0.717) is 11.3 Å². The van der Waals surface area contributed by atoms with E-state index in [4.69, 9.17) is 11.3 Å². The van der Waals surface area contributed by atoms with Crippen molar-refractivity contribution in [1.29, 1.82) is 0 Å². The van der Waals surface area contributed by atoms with Gasteiger partial charge in [0.05, 0.1) is 12.3 Å². The first-order valence-electron chi connectivity index (χ1n) is 7.02. The van der Waals surface area contributed by atoms with Gasteiger partial charge in [0.1, 0.15) is 6.61 Å². The Kier molecular flexibility index (Phi) is 4.16. The largest absolute Gasteiger partial charge is 0.460 e. The number of hydrogen-bond acceptors (Lipinski definition) is 3. The molecule has 0 saturated heterocycles. The van der Waals surface area contributed by atoms with Crippen molar-refractivity contribution in [2.24, 2.45) is 0 Å².